The number of anilines is 2. The number of thiophene rings is 1. The third kappa shape index (κ3) is 4.72. The van der Waals surface area contributed by atoms with Crippen molar-refractivity contribution in [1.29, 1.82) is 5.26 Å². The number of carbonyl (C=O) groups excluding carboxylic acids is 2. The molecule has 0 fully saturated rings. The molecule has 11 heteroatoms. The summed E-state index contributed by atoms with van der Waals surface area (Å²) in [5, 5.41) is 13.9. The molecule has 0 aliphatic heterocycles. The Morgan fingerprint density at radius 3 is 2.58 bits per heavy atom. The number of furan rings is 1. The standard InChI is InChI=1S/C22H15N3O6S2/c23-12-18-21(15-7-2-4-9-17(15)31-18)24-19(26)13-30-22(27)14-6-1-3-8-16(14)25-33(28,29)20-10-5-11-32-20/h1-11,25H,13H2,(H,24,26). The molecule has 0 saturated carbocycles. The minimum absolute atomic E-state index is 0.0175. The van der Waals surface area contributed by atoms with Gasteiger partial charge in [-0.15, -0.1) is 11.3 Å². The average molecular weight is 482 g/mol. The van der Waals surface area contributed by atoms with Gasteiger partial charge in [0.1, 0.15) is 21.5 Å². The quantitative estimate of drug-likeness (QED) is 0.381. The number of carbonyl (C=O) groups is 2. The van der Waals surface area contributed by atoms with E-state index in [-0.39, 0.29) is 26.9 Å². The van der Waals surface area contributed by atoms with E-state index in [9.17, 15) is 23.3 Å². The van der Waals surface area contributed by atoms with Crippen LogP contribution in [0.15, 0.2) is 74.7 Å². The fourth-order valence-corrected chi connectivity index (χ4v) is 5.07. The molecular formula is C22H15N3O6S2. The number of benzene rings is 2. The van der Waals surface area contributed by atoms with Crippen LogP contribution in [0.5, 0.6) is 0 Å². The lowest BCUT2D eigenvalue weighted by molar-refractivity contribution is -0.119. The second-order valence-electron chi connectivity index (χ2n) is 6.62. The summed E-state index contributed by atoms with van der Waals surface area (Å²) in [6.45, 7) is -0.658. The van der Waals surface area contributed by atoms with Crippen LogP contribution in [0.1, 0.15) is 16.1 Å². The van der Waals surface area contributed by atoms with Crippen LogP contribution in [0, 0.1) is 11.3 Å². The number of nitrogens with one attached hydrogen (secondary N) is 2. The van der Waals surface area contributed by atoms with E-state index in [1.54, 1.807) is 41.8 Å². The number of amides is 1. The Morgan fingerprint density at radius 2 is 1.82 bits per heavy atom. The lowest BCUT2D eigenvalue weighted by Gasteiger charge is -2.11. The summed E-state index contributed by atoms with van der Waals surface area (Å²) in [4.78, 5) is 25.0. The van der Waals surface area contributed by atoms with E-state index in [1.807, 2.05) is 6.07 Å². The molecule has 0 radical (unpaired) electrons. The number of para-hydroxylation sites is 2. The number of ether oxygens (including phenoxy) is 1. The third-order valence-electron chi connectivity index (χ3n) is 4.45. The molecule has 0 atom stereocenters. The molecule has 4 rings (SSSR count). The lowest BCUT2D eigenvalue weighted by Crippen LogP contribution is -2.22. The maximum atomic E-state index is 12.6. The highest BCUT2D eigenvalue weighted by Gasteiger charge is 2.21. The van der Waals surface area contributed by atoms with Gasteiger partial charge in [-0.1, -0.05) is 30.3 Å². The molecule has 0 spiro atoms. The number of rotatable bonds is 7. The van der Waals surface area contributed by atoms with Gasteiger partial charge in [-0.2, -0.15) is 5.26 Å². The molecule has 0 aliphatic rings. The van der Waals surface area contributed by atoms with E-state index in [2.05, 4.69) is 10.0 Å². The Labute approximate surface area is 192 Å². The maximum absolute atomic E-state index is 12.6. The van der Waals surface area contributed by atoms with E-state index in [0.717, 1.165) is 11.3 Å². The zero-order valence-corrected chi connectivity index (χ0v) is 18.4. The van der Waals surface area contributed by atoms with Crippen molar-refractivity contribution in [1.82, 2.24) is 0 Å². The Morgan fingerprint density at radius 1 is 1.06 bits per heavy atom. The number of fused-ring (bicyclic) bond motifs is 1. The summed E-state index contributed by atoms with van der Waals surface area (Å²) < 4.78 is 37.9. The molecular weight excluding hydrogens is 466 g/mol. The molecule has 0 aliphatic carbocycles. The zero-order valence-electron chi connectivity index (χ0n) is 16.8. The van der Waals surface area contributed by atoms with Crippen LogP contribution >= 0.6 is 11.3 Å². The summed E-state index contributed by atoms with van der Waals surface area (Å²) in [6.07, 6.45) is 0. The second kappa shape index (κ2) is 9.15. The molecule has 166 valence electrons. The highest BCUT2D eigenvalue weighted by molar-refractivity contribution is 7.94. The van der Waals surface area contributed by atoms with Gasteiger partial charge >= 0.3 is 5.97 Å². The van der Waals surface area contributed by atoms with Gasteiger partial charge in [0, 0.05) is 5.39 Å². The molecule has 0 unspecified atom stereocenters. The Kier molecular flexibility index (Phi) is 6.12. The largest absolute Gasteiger partial charge is 0.452 e. The second-order valence-corrected chi connectivity index (χ2v) is 9.48. The summed E-state index contributed by atoms with van der Waals surface area (Å²) in [5.41, 5.74) is 0.562. The topological polar surface area (TPSA) is 138 Å². The molecule has 4 aromatic rings. The number of esters is 1. The molecule has 2 aromatic heterocycles. The number of hydrogen-bond donors (Lipinski definition) is 2. The van der Waals surface area contributed by atoms with Crippen LogP contribution in [0.4, 0.5) is 11.4 Å². The van der Waals surface area contributed by atoms with Gasteiger partial charge in [-0.3, -0.25) is 9.52 Å². The molecule has 1 amide bonds. The van der Waals surface area contributed by atoms with Crippen molar-refractivity contribution in [2.24, 2.45) is 0 Å². The van der Waals surface area contributed by atoms with Gasteiger partial charge in [0.05, 0.1) is 11.3 Å². The van der Waals surface area contributed by atoms with E-state index in [0.29, 0.717) is 11.0 Å². The smallest absolute Gasteiger partial charge is 0.340 e. The summed E-state index contributed by atoms with van der Waals surface area (Å²) >= 11 is 1.03. The van der Waals surface area contributed by atoms with Crippen molar-refractivity contribution in [2.45, 2.75) is 4.21 Å². The first-order valence-electron chi connectivity index (χ1n) is 9.43. The van der Waals surface area contributed by atoms with Gasteiger partial charge in [0.15, 0.2) is 6.61 Å². The molecule has 33 heavy (non-hydrogen) atoms. The van der Waals surface area contributed by atoms with Crippen molar-refractivity contribution >= 4 is 55.6 Å². The van der Waals surface area contributed by atoms with Gasteiger partial charge in [-0.25, -0.2) is 13.2 Å². The van der Waals surface area contributed by atoms with Crippen LogP contribution in [0.25, 0.3) is 11.0 Å². The van der Waals surface area contributed by atoms with Crippen molar-refractivity contribution in [3.05, 3.63) is 77.4 Å². The number of hydrogen-bond acceptors (Lipinski definition) is 8. The molecule has 0 bridgehead atoms. The van der Waals surface area contributed by atoms with Crippen molar-refractivity contribution < 1.29 is 27.2 Å². The summed E-state index contributed by atoms with van der Waals surface area (Å²) in [5.74, 6) is -1.67. The van der Waals surface area contributed by atoms with Crippen LogP contribution in [-0.2, 0) is 19.6 Å². The van der Waals surface area contributed by atoms with Crippen molar-refractivity contribution in [3.8, 4) is 6.07 Å². The van der Waals surface area contributed by atoms with Gasteiger partial charge in [0.25, 0.3) is 15.9 Å². The van der Waals surface area contributed by atoms with E-state index >= 15 is 0 Å². The predicted molar refractivity (Wildman–Crippen MR) is 121 cm³/mol. The number of sulfonamides is 1. The average Bonchev–Trinajstić information content (AvgIpc) is 3.47. The zero-order chi connectivity index (χ0) is 23.4. The predicted octanol–water partition coefficient (Wildman–Crippen LogP) is 3.96. The first kappa shape index (κ1) is 22.1. The number of nitrogens with zero attached hydrogens (tertiary/aromatic N) is 1. The minimum atomic E-state index is -3.88. The van der Waals surface area contributed by atoms with Gasteiger partial charge in [-0.05, 0) is 35.7 Å². The highest BCUT2D eigenvalue weighted by Crippen LogP contribution is 2.30. The Hall–Kier alpha value is -4.14. The number of nitriles is 1. The first-order chi connectivity index (χ1) is 15.9. The van der Waals surface area contributed by atoms with Crippen LogP contribution in [-0.4, -0.2) is 26.9 Å². The first-order valence-corrected chi connectivity index (χ1v) is 11.8. The summed E-state index contributed by atoms with van der Waals surface area (Å²) in [7, 11) is -3.88. The monoisotopic (exact) mass is 481 g/mol. The normalized spacial score (nSPS) is 11.0. The SMILES string of the molecule is N#Cc1oc2ccccc2c1NC(=O)COC(=O)c1ccccc1NS(=O)(=O)c1cccs1. The van der Waals surface area contributed by atoms with E-state index in [4.69, 9.17) is 9.15 Å². The van der Waals surface area contributed by atoms with Crippen LogP contribution < -0.4 is 10.0 Å². The third-order valence-corrected chi connectivity index (χ3v) is 7.21. The maximum Gasteiger partial charge on any atom is 0.340 e. The van der Waals surface area contributed by atoms with Crippen molar-refractivity contribution in [3.63, 3.8) is 0 Å². The van der Waals surface area contributed by atoms with Crippen molar-refractivity contribution in [2.75, 3.05) is 16.6 Å². The summed E-state index contributed by atoms with van der Waals surface area (Å²) in [6, 6.07) is 17.6. The van der Waals surface area contributed by atoms with Gasteiger partial charge < -0.3 is 14.5 Å². The van der Waals surface area contributed by atoms with Crippen LogP contribution in [0.3, 0.4) is 0 Å². The Bertz CT molecular complexity index is 1480. The Balaban J connectivity index is 1.46. The van der Waals surface area contributed by atoms with Gasteiger partial charge in [0.2, 0.25) is 5.76 Å². The fourth-order valence-electron chi connectivity index (χ4n) is 2.99. The highest BCUT2D eigenvalue weighted by atomic mass is 32.2. The van der Waals surface area contributed by atoms with E-state index in [1.165, 1.54) is 24.3 Å². The van der Waals surface area contributed by atoms with Crippen LogP contribution in [0.2, 0.25) is 0 Å². The molecule has 2 N–H and O–H groups in total. The lowest BCUT2D eigenvalue weighted by atomic mass is 10.2. The molecule has 2 aromatic carbocycles. The molecule has 0 saturated heterocycles. The fraction of sp³-hybridized carbons (Fsp3) is 0.0455. The molecule has 9 nitrogen and oxygen atoms in total. The minimum Gasteiger partial charge on any atom is -0.452 e. The van der Waals surface area contributed by atoms with E-state index < -0.39 is 28.5 Å². The molecule has 2 heterocycles.